The first-order valence-corrected chi connectivity index (χ1v) is 7.91. The average molecular weight is 307 g/mol. The molecule has 2 rings (SSSR count). The maximum absolute atomic E-state index is 10.7. The summed E-state index contributed by atoms with van der Waals surface area (Å²) in [5.74, 6) is 0.114. The minimum atomic E-state index is -0.462. The number of nitrogens with zero attached hydrogens (tertiary/aromatic N) is 2. The number of rotatable bonds is 6. The Bertz CT molecular complexity index is 580. The first-order chi connectivity index (χ1) is 10.1. The van der Waals surface area contributed by atoms with Crippen LogP contribution in [-0.2, 0) is 13.0 Å². The van der Waals surface area contributed by atoms with Crippen LogP contribution in [0.3, 0.4) is 0 Å². The lowest BCUT2D eigenvalue weighted by Gasteiger charge is -2.22. The van der Waals surface area contributed by atoms with Crippen LogP contribution in [0.1, 0.15) is 43.1 Å². The van der Waals surface area contributed by atoms with E-state index in [-0.39, 0.29) is 5.92 Å². The second kappa shape index (κ2) is 7.10. The van der Waals surface area contributed by atoms with Crippen molar-refractivity contribution < 1.29 is 5.11 Å². The summed E-state index contributed by atoms with van der Waals surface area (Å²) in [4.78, 5) is 0. The lowest BCUT2D eigenvalue weighted by atomic mass is 9.88. The van der Waals surface area contributed by atoms with E-state index in [2.05, 4.69) is 24.2 Å². The Morgan fingerprint density at radius 3 is 2.48 bits per heavy atom. The summed E-state index contributed by atoms with van der Waals surface area (Å²) in [7, 11) is 0. The van der Waals surface area contributed by atoms with Crippen LogP contribution < -0.4 is 0 Å². The highest BCUT2D eigenvalue weighted by atomic mass is 35.5. The minimum Gasteiger partial charge on any atom is -0.392 e. The van der Waals surface area contributed by atoms with E-state index in [9.17, 15) is 5.11 Å². The van der Waals surface area contributed by atoms with Crippen molar-refractivity contribution in [3.8, 4) is 0 Å². The molecule has 0 aliphatic rings. The van der Waals surface area contributed by atoms with Crippen molar-refractivity contribution in [1.82, 2.24) is 9.78 Å². The topological polar surface area (TPSA) is 38.1 Å². The minimum absolute atomic E-state index is 0.114. The maximum Gasteiger partial charge on any atom is 0.0848 e. The predicted octanol–water partition coefficient (Wildman–Crippen LogP) is 3.96. The maximum atomic E-state index is 10.7. The van der Waals surface area contributed by atoms with Gasteiger partial charge in [-0.05, 0) is 25.8 Å². The molecule has 0 fully saturated rings. The molecule has 0 radical (unpaired) electrons. The van der Waals surface area contributed by atoms with Gasteiger partial charge in [0.05, 0.1) is 22.5 Å². The molecule has 0 amide bonds. The highest BCUT2D eigenvalue weighted by molar-refractivity contribution is 6.31. The SMILES string of the molecule is CCC(c1ccccc1)C(O)Cc1c(Cl)c(C)nn1CC. The van der Waals surface area contributed by atoms with Crippen LogP contribution in [0.5, 0.6) is 0 Å². The molecular weight excluding hydrogens is 284 g/mol. The van der Waals surface area contributed by atoms with Gasteiger partial charge < -0.3 is 5.11 Å². The molecule has 2 unspecified atom stereocenters. The quantitative estimate of drug-likeness (QED) is 0.877. The zero-order valence-electron chi connectivity index (χ0n) is 12.9. The van der Waals surface area contributed by atoms with Gasteiger partial charge in [0.2, 0.25) is 0 Å². The van der Waals surface area contributed by atoms with E-state index < -0.39 is 6.10 Å². The zero-order chi connectivity index (χ0) is 15.4. The lowest BCUT2D eigenvalue weighted by Crippen LogP contribution is -2.22. The standard InChI is InChI=1S/C17H23ClN2O/c1-4-14(13-9-7-6-8-10-13)16(21)11-15-17(18)12(3)19-20(15)5-2/h6-10,14,16,21H,4-5,11H2,1-3H3. The molecule has 2 atom stereocenters. The van der Waals surface area contributed by atoms with Gasteiger partial charge in [-0.2, -0.15) is 5.10 Å². The molecule has 0 aliphatic heterocycles. The van der Waals surface area contributed by atoms with Crippen molar-refractivity contribution in [3.63, 3.8) is 0 Å². The molecule has 1 heterocycles. The fraction of sp³-hybridized carbons (Fsp3) is 0.471. The molecule has 1 aromatic carbocycles. The largest absolute Gasteiger partial charge is 0.392 e. The van der Waals surface area contributed by atoms with Gasteiger partial charge in [-0.1, -0.05) is 48.9 Å². The summed E-state index contributed by atoms with van der Waals surface area (Å²) in [6.45, 7) is 6.80. The van der Waals surface area contributed by atoms with Crippen molar-refractivity contribution in [2.45, 2.75) is 52.2 Å². The number of halogens is 1. The number of aliphatic hydroxyl groups excluding tert-OH is 1. The van der Waals surface area contributed by atoms with E-state index in [1.54, 1.807) is 0 Å². The third-order valence-corrected chi connectivity index (χ3v) is 4.48. The van der Waals surface area contributed by atoms with Gasteiger partial charge >= 0.3 is 0 Å². The highest BCUT2D eigenvalue weighted by Gasteiger charge is 2.23. The normalized spacial score (nSPS) is 14.1. The van der Waals surface area contributed by atoms with E-state index in [1.165, 1.54) is 5.56 Å². The van der Waals surface area contributed by atoms with Gasteiger partial charge in [-0.15, -0.1) is 0 Å². The monoisotopic (exact) mass is 306 g/mol. The molecule has 0 aliphatic carbocycles. The second-order valence-electron chi connectivity index (χ2n) is 5.36. The van der Waals surface area contributed by atoms with E-state index in [4.69, 9.17) is 11.6 Å². The van der Waals surface area contributed by atoms with Crippen molar-refractivity contribution in [2.75, 3.05) is 0 Å². The zero-order valence-corrected chi connectivity index (χ0v) is 13.6. The summed E-state index contributed by atoms with van der Waals surface area (Å²) < 4.78 is 1.89. The molecule has 3 nitrogen and oxygen atoms in total. The Morgan fingerprint density at radius 2 is 1.90 bits per heavy atom. The van der Waals surface area contributed by atoms with E-state index >= 15 is 0 Å². The van der Waals surface area contributed by atoms with E-state index in [1.807, 2.05) is 36.7 Å². The Morgan fingerprint density at radius 1 is 1.24 bits per heavy atom. The van der Waals surface area contributed by atoms with Crippen LogP contribution in [0, 0.1) is 6.92 Å². The van der Waals surface area contributed by atoms with Crippen LogP contribution in [0.25, 0.3) is 0 Å². The van der Waals surface area contributed by atoms with E-state index in [0.717, 1.165) is 24.4 Å². The Balaban J connectivity index is 2.22. The van der Waals surface area contributed by atoms with Crippen LogP contribution in [0.15, 0.2) is 30.3 Å². The van der Waals surface area contributed by atoms with Crippen LogP contribution in [0.2, 0.25) is 5.02 Å². The molecule has 0 saturated heterocycles. The molecule has 0 bridgehead atoms. The molecule has 1 N–H and O–H groups in total. The fourth-order valence-corrected chi connectivity index (χ4v) is 3.05. The number of aryl methyl sites for hydroxylation is 2. The van der Waals surface area contributed by atoms with Crippen LogP contribution in [-0.4, -0.2) is 21.0 Å². The van der Waals surface area contributed by atoms with Gasteiger partial charge in [0, 0.05) is 18.9 Å². The number of benzene rings is 1. The first-order valence-electron chi connectivity index (χ1n) is 7.53. The van der Waals surface area contributed by atoms with Gasteiger partial charge in [0.15, 0.2) is 0 Å². The average Bonchev–Trinajstić information content (AvgIpc) is 2.77. The highest BCUT2D eigenvalue weighted by Crippen LogP contribution is 2.28. The predicted molar refractivity (Wildman–Crippen MR) is 86.8 cm³/mol. The number of hydrogen-bond acceptors (Lipinski definition) is 2. The molecule has 2 aromatic rings. The molecule has 0 saturated carbocycles. The van der Waals surface area contributed by atoms with Crippen molar-refractivity contribution >= 4 is 11.6 Å². The van der Waals surface area contributed by atoms with Crippen LogP contribution in [0.4, 0.5) is 0 Å². The summed E-state index contributed by atoms with van der Waals surface area (Å²) in [6.07, 6.45) is 0.958. The smallest absolute Gasteiger partial charge is 0.0848 e. The summed E-state index contributed by atoms with van der Waals surface area (Å²) in [5, 5.41) is 15.8. The number of aliphatic hydroxyl groups is 1. The van der Waals surface area contributed by atoms with E-state index in [0.29, 0.717) is 11.4 Å². The van der Waals surface area contributed by atoms with Crippen molar-refractivity contribution in [3.05, 3.63) is 52.3 Å². The Hall–Kier alpha value is -1.32. The van der Waals surface area contributed by atoms with Gasteiger partial charge in [0.25, 0.3) is 0 Å². The Labute approximate surface area is 131 Å². The lowest BCUT2D eigenvalue weighted by molar-refractivity contribution is 0.138. The third-order valence-electron chi connectivity index (χ3n) is 3.99. The first kappa shape index (κ1) is 16.1. The third kappa shape index (κ3) is 3.47. The second-order valence-corrected chi connectivity index (χ2v) is 5.74. The van der Waals surface area contributed by atoms with Gasteiger partial charge in [-0.3, -0.25) is 4.68 Å². The summed E-state index contributed by atoms with van der Waals surface area (Å²) in [6, 6.07) is 10.2. The number of hydrogen-bond donors (Lipinski definition) is 1. The van der Waals surface area contributed by atoms with Gasteiger partial charge in [-0.25, -0.2) is 0 Å². The van der Waals surface area contributed by atoms with Crippen molar-refractivity contribution in [2.24, 2.45) is 0 Å². The molecular formula is C17H23ClN2O. The van der Waals surface area contributed by atoms with Crippen LogP contribution >= 0.6 is 11.6 Å². The Kier molecular flexibility index (Phi) is 5.43. The fourth-order valence-electron chi connectivity index (χ4n) is 2.83. The number of aromatic nitrogens is 2. The molecule has 0 spiro atoms. The van der Waals surface area contributed by atoms with Crippen molar-refractivity contribution in [1.29, 1.82) is 0 Å². The summed E-state index contributed by atoms with van der Waals surface area (Å²) >= 11 is 6.34. The molecule has 1 aromatic heterocycles. The molecule has 21 heavy (non-hydrogen) atoms. The summed E-state index contributed by atoms with van der Waals surface area (Å²) in [5.41, 5.74) is 2.93. The molecule has 114 valence electrons. The van der Waals surface area contributed by atoms with Gasteiger partial charge in [0.1, 0.15) is 0 Å². The molecule has 4 heteroatoms.